The molecule has 0 N–H and O–H groups in total. The van der Waals surface area contributed by atoms with Crippen molar-refractivity contribution in [2.45, 2.75) is 27.2 Å². The van der Waals surface area contributed by atoms with Crippen LogP contribution in [0, 0.1) is 19.8 Å². The molecule has 2 aromatic rings. The monoisotopic (exact) mass is 281 g/mol. The number of hydrogen-bond acceptors (Lipinski definition) is 3. The van der Waals surface area contributed by atoms with Crippen molar-refractivity contribution in [1.29, 1.82) is 0 Å². The lowest BCUT2D eigenvalue weighted by atomic mass is 9.88. The Kier molecular flexibility index (Phi) is 3.45. The summed E-state index contributed by atoms with van der Waals surface area (Å²) < 4.78 is 0. The minimum atomic E-state index is -0.0652. The van der Waals surface area contributed by atoms with E-state index in [0.717, 1.165) is 24.2 Å². The zero-order valence-electron chi connectivity index (χ0n) is 12.6. The standard InChI is InChI=1S/C17H19N3O/c1-11-8-14-12(2)4-5-13(3)16(14)20(10-11)17(21)15-9-18-6-7-19-15/h4-7,9,11H,8,10H2,1-3H3. The Labute approximate surface area is 124 Å². The fraction of sp³-hybridized carbons (Fsp3) is 0.353. The van der Waals surface area contributed by atoms with E-state index >= 15 is 0 Å². The Bertz CT molecular complexity index is 682. The quantitative estimate of drug-likeness (QED) is 0.807. The minimum Gasteiger partial charge on any atom is -0.306 e. The van der Waals surface area contributed by atoms with Gasteiger partial charge >= 0.3 is 0 Å². The fourth-order valence-electron chi connectivity index (χ4n) is 3.04. The molecule has 0 saturated carbocycles. The number of rotatable bonds is 1. The van der Waals surface area contributed by atoms with Gasteiger partial charge in [-0.15, -0.1) is 0 Å². The lowest BCUT2D eigenvalue weighted by Crippen LogP contribution is -2.40. The number of carbonyl (C=O) groups excluding carboxylic acids is 1. The van der Waals surface area contributed by atoms with Crippen molar-refractivity contribution in [3.63, 3.8) is 0 Å². The Morgan fingerprint density at radius 3 is 2.71 bits per heavy atom. The highest BCUT2D eigenvalue weighted by atomic mass is 16.2. The van der Waals surface area contributed by atoms with Crippen molar-refractivity contribution in [3.05, 3.63) is 53.1 Å². The van der Waals surface area contributed by atoms with Crippen LogP contribution in [0.5, 0.6) is 0 Å². The van der Waals surface area contributed by atoms with Gasteiger partial charge in [0.05, 0.1) is 11.9 Å². The third-order valence-corrected chi connectivity index (χ3v) is 4.06. The Hall–Kier alpha value is -2.23. The molecule has 0 spiro atoms. The molecule has 1 amide bonds. The maximum Gasteiger partial charge on any atom is 0.278 e. The number of aryl methyl sites for hydroxylation is 2. The number of amides is 1. The Morgan fingerprint density at radius 1 is 1.24 bits per heavy atom. The van der Waals surface area contributed by atoms with Gasteiger partial charge < -0.3 is 4.90 Å². The smallest absolute Gasteiger partial charge is 0.278 e. The lowest BCUT2D eigenvalue weighted by Gasteiger charge is -2.35. The molecule has 2 heterocycles. The van der Waals surface area contributed by atoms with E-state index in [1.165, 1.54) is 17.3 Å². The summed E-state index contributed by atoms with van der Waals surface area (Å²) in [6, 6.07) is 4.22. The predicted molar refractivity (Wildman–Crippen MR) is 82.5 cm³/mol. The molecule has 1 aliphatic rings. The molecular formula is C17H19N3O. The van der Waals surface area contributed by atoms with E-state index in [1.54, 1.807) is 12.4 Å². The van der Waals surface area contributed by atoms with Crippen LogP contribution in [0.3, 0.4) is 0 Å². The van der Waals surface area contributed by atoms with E-state index in [0.29, 0.717) is 11.6 Å². The summed E-state index contributed by atoms with van der Waals surface area (Å²) in [4.78, 5) is 22.8. The predicted octanol–water partition coefficient (Wildman–Crippen LogP) is 2.93. The minimum absolute atomic E-state index is 0.0652. The Morgan fingerprint density at radius 2 is 2.00 bits per heavy atom. The summed E-state index contributed by atoms with van der Waals surface area (Å²) in [6.07, 6.45) is 5.70. The zero-order chi connectivity index (χ0) is 15.0. The largest absolute Gasteiger partial charge is 0.306 e. The van der Waals surface area contributed by atoms with Crippen LogP contribution in [0.1, 0.15) is 34.1 Å². The van der Waals surface area contributed by atoms with E-state index in [2.05, 4.69) is 42.9 Å². The first-order chi connectivity index (χ1) is 10.1. The van der Waals surface area contributed by atoms with Gasteiger partial charge in [-0.05, 0) is 42.9 Å². The number of nitrogens with zero attached hydrogens (tertiary/aromatic N) is 3. The van der Waals surface area contributed by atoms with E-state index < -0.39 is 0 Å². The number of carbonyl (C=O) groups is 1. The number of benzene rings is 1. The first-order valence-electron chi connectivity index (χ1n) is 7.25. The second kappa shape index (κ2) is 5.28. The lowest BCUT2D eigenvalue weighted by molar-refractivity contribution is 0.0975. The van der Waals surface area contributed by atoms with Crippen LogP contribution in [0.25, 0.3) is 0 Å². The van der Waals surface area contributed by atoms with E-state index in [-0.39, 0.29) is 5.91 Å². The van der Waals surface area contributed by atoms with Crippen LogP contribution in [-0.2, 0) is 6.42 Å². The maximum absolute atomic E-state index is 12.8. The van der Waals surface area contributed by atoms with Crippen molar-refractivity contribution in [2.24, 2.45) is 5.92 Å². The maximum atomic E-state index is 12.8. The van der Waals surface area contributed by atoms with Crippen LogP contribution in [0.4, 0.5) is 5.69 Å². The zero-order valence-corrected chi connectivity index (χ0v) is 12.6. The summed E-state index contributed by atoms with van der Waals surface area (Å²) in [7, 11) is 0. The van der Waals surface area contributed by atoms with Crippen LogP contribution in [-0.4, -0.2) is 22.4 Å². The third kappa shape index (κ3) is 2.42. The molecule has 0 bridgehead atoms. The van der Waals surface area contributed by atoms with E-state index in [4.69, 9.17) is 0 Å². The Balaban J connectivity index is 2.09. The SMILES string of the molecule is Cc1ccc(C)c2c1CC(C)CN2C(=O)c1cnccn1. The summed E-state index contributed by atoms with van der Waals surface area (Å²) >= 11 is 0. The average Bonchev–Trinajstić information content (AvgIpc) is 2.50. The molecule has 4 nitrogen and oxygen atoms in total. The second-order valence-corrected chi connectivity index (χ2v) is 5.84. The van der Waals surface area contributed by atoms with Gasteiger partial charge in [-0.25, -0.2) is 4.98 Å². The first kappa shape index (κ1) is 13.7. The molecule has 0 saturated heterocycles. The molecule has 21 heavy (non-hydrogen) atoms. The van der Waals surface area contributed by atoms with Gasteiger partial charge in [0.2, 0.25) is 0 Å². The number of fused-ring (bicyclic) bond motifs is 1. The van der Waals surface area contributed by atoms with Gasteiger partial charge in [-0.2, -0.15) is 0 Å². The molecule has 1 aliphatic heterocycles. The van der Waals surface area contributed by atoms with Gasteiger partial charge in [0, 0.05) is 18.9 Å². The third-order valence-electron chi connectivity index (χ3n) is 4.06. The van der Waals surface area contributed by atoms with Crippen LogP contribution in [0.15, 0.2) is 30.7 Å². The normalized spacial score (nSPS) is 17.5. The molecular weight excluding hydrogens is 262 g/mol. The molecule has 1 unspecified atom stereocenters. The molecule has 1 aromatic heterocycles. The van der Waals surface area contributed by atoms with Crippen LogP contribution >= 0.6 is 0 Å². The van der Waals surface area contributed by atoms with E-state index in [9.17, 15) is 4.79 Å². The van der Waals surface area contributed by atoms with Crippen molar-refractivity contribution < 1.29 is 4.79 Å². The summed E-state index contributed by atoms with van der Waals surface area (Å²) in [5, 5.41) is 0. The van der Waals surface area contributed by atoms with Crippen molar-refractivity contribution in [3.8, 4) is 0 Å². The number of aromatic nitrogens is 2. The van der Waals surface area contributed by atoms with Gasteiger partial charge in [-0.1, -0.05) is 19.1 Å². The van der Waals surface area contributed by atoms with Gasteiger partial charge in [0.25, 0.3) is 5.91 Å². The van der Waals surface area contributed by atoms with Gasteiger partial charge in [-0.3, -0.25) is 9.78 Å². The van der Waals surface area contributed by atoms with E-state index in [1.807, 2.05) is 4.90 Å². The molecule has 0 aliphatic carbocycles. The van der Waals surface area contributed by atoms with Crippen LogP contribution in [0.2, 0.25) is 0 Å². The molecule has 1 atom stereocenters. The highest BCUT2D eigenvalue weighted by molar-refractivity contribution is 6.05. The summed E-state index contributed by atoms with van der Waals surface area (Å²) in [6.45, 7) is 7.08. The summed E-state index contributed by atoms with van der Waals surface area (Å²) in [5.74, 6) is 0.378. The van der Waals surface area contributed by atoms with Gasteiger partial charge in [0.1, 0.15) is 5.69 Å². The molecule has 1 aromatic carbocycles. The van der Waals surface area contributed by atoms with Gasteiger partial charge in [0.15, 0.2) is 0 Å². The molecule has 4 heteroatoms. The highest BCUT2D eigenvalue weighted by Gasteiger charge is 2.30. The highest BCUT2D eigenvalue weighted by Crippen LogP contribution is 2.35. The molecule has 3 rings (SSSR count). The van der Waals surface area contributed by atoms with Crippen LogP contribution < -0.4 is 4.90 Å². The molecule has 0 radical (unpaired) electrons. The fourth-order valence-corrected chi connectivity index (χ4v) is 3.04. The number of anilines is 1. The molecule has 0 fully saturated rings. The summed E-state index contributed by atoms with van der Waals surface area (Å²) in [5.41, 5.74) is 5.13. The van der Waals surface area contributed by atoms with Crippen molar-refractivity contribution in [1.82, 2.24) is 9.97 Å². The number of hydrogen-bond donors (Lipinski definition) is 0. The first-order valence-corrected chi connectivity index (χ1v) is 7.25. The van der Waals surface area contributed by atoms with Crippen molar-refractivity contribution >= 4 is 11.6 Å². The average molecular weight is 281 g/mol. The second-order valence-electron chi connectivity index (χ2n) is 5.84. The van der Waals surface area contributed by atoms with Crippen molar-refractivity contribution in [2.75, 3.05) is 11.4 Å². The molecule has 108 valence electrons. The topological polar surface area (TPSA) is 46.1 Å².